The first kappa shape index (κ1) is 68.1. The molecule has 71 heavy (non-hydrogen) atoms. The van der Waals surface area contributed by atoms with Crippen LogP contribution in [0.2, 0.25) is 0 Å². The maximum Gasteiger partial charge on any atom is 0.306 e. The first-order valence-electron chi connectivity index (χ1n) is 30.8. The molecule has 0 N–H and O–H groups in total. The van der Waals surface area contributed by atoms with Gasteiger partial charge in [-0.25, -0.2) is 0 Å². The van der Waals surface area contributed by atoms with Crippen molar-refractivity contribution in [3.05, 3.63) is 60.8 Å². The number of esters is 3. The maximum atomic E-state index is 12.8. The van der Waals surface area contributed by atoms with Crippen molar-refractivity contribution in [2.75, 3.05) is 13.2 Å². The molecule has 6 heteroatoms. The summed E-state index contributed by atoms with van der Waals surface area (Å²) < 4.78 is 16.8. The maximum absolute atomic E-state index is 12.8. The second-order valence-corrected chi connectivity index (χ2v) is 20.6. The van der Waals surface area contributed by atoms with E-state index in [0.717, 1.165) is 89.9 Å². The Morgan fingerprint density at radius 3 is 0.930 bits per heavy atom. The van der Waals surface area contributed by atoms with Gasteiger partial charge in [-0.2, -0.15) is 0 Å². The van der Waals surface area contributed by atoms with Crippen LogP contribution in [0.1, 0.15) is 316 Å². The highest BCUT2D eigenvalue weighted by Crippen LogP contribution is 2.17. The van der Waals surface area contributed by atoms with Gasteiger partial charge >= 0.3 is 17.9 Å². The summed E-state index contributed by atoms with van der Waals surface area (Å²) in [4.78, 5) is 38.1. The number of hydrogen-bond donors (Lipinski definition) is 0. The molecule has 0 aliphatic carbocycles. The smallest absolute Gasteiger partial charge is 0.306 e. The molecule has 0 fully saturated rings. The molecule has 0 amide bonds. The van der Waals surface area contributed by atoms with E-state index in [1.165, 1.54) is 186 Å². The molecule has 0 aliphatic heterocycles. The topological polar surface area (TPSA) is 78.9 Å². The predicted octanol–water partition coefficient (Wildman–Crippen LogP) is 20.8. The van der Waals surface area contributed by atoms with E-state index < -0.39 is 6.10 Å². The fraction of sp³-hybridized carbons (Fsp3) is 0.800. The summed E-state index contributed by atoms with van der Waals surface area (Å²) in [7, 11) is 0. The zero-order valence-corrected chi connectivity index (χ0v) is 47.2. The fourth-order valence-corrected chi connectivity index (χ4v) is 8.85. The molecular weight excluding hydrogens is 877 g/mol. The molecule has 0 saturated carbocycles. The number of hydrogen-bond acceptors (Lipinski definition) is 6. The molecule has 0 saturated heterocycles. The van der Waals surface area contributed by atoms with Gasteiger partial charge in [0, 0.05) is 19.3 Å². The molecule has 1 unspecified atom stereocenters. The molecule has 0 aromatic heterocycles. The minimum atomic E-state index is -0.791. The minimum Gasteiger partial charge on any atom is -0.462 e. The van der Waals surface area contributed by atoms with Crippen molar-refractivity contribution >= 4 is 17.9 Å². The summed E-state index contributed by atoms with van der Waals surface area (Å²) in [6.07, 6.45) is 75.4. The van der Waals surface area contributed by atoms with E-state index in [1.54, 1.807) is 0 Å². The highest BCUT2D eigenvalue weighted by atomic mass is 16.6. The highest BCUT2D eigenvalue weighted by molar-refractivity contribution is 5.71. The van der Waals surface area contributed by atoms with Crippen molar-refractivity contribution in [2.24, 2.45) is 0 Å². The van der Waals surface area contributed by atoms with Crippen LogP contribution in [0.25, 0.3) is 0 Å². The number of ether oxygens (including phenoxy) is 3. The van der Waals surface area contributed by atoms with Gasteiger partial charge in [0.25, 0.3) is 0 Å². The second-order valence-electron chi connectivity index (χ2n) is 20.6. The van der Waals surface area contributed by atoms with E-state index in [0.29, 0.717) is 19.3 Å². The third-order valence-electron chi connectivity index (χ3n) is 13.5. The van der Waals surface area contributed by atoms with E-state index in [-0.39, 0.29) is 31.1 Å². The molecule has 412 valence electrons. The van der Waals surface area contributed by atoms with Gasteiger partial charge < -0.3 is 14.2 Å². The Balaban J connectivity index is 4.13. The van der Waals surface area contributed by atoms with Crippen molar-refractivity contribution < 1.29 is 28.6 Å². The average molecular weight is 994 g/mol. The summed E-state index contributed by atoms with van der Waals surface area (Å²) in [5.41, 5.74) is 0. The normalized spacial score (nSPS) is 12.4. The number of carbonyl (C=O) groups is 3. The van der Waals surface area contributed by atoms with Crippen LogP contribution in [-0.4, -0.2) is 37.2 Å². The summed E-state index contributed by atoms with van der Waals surface area (Å²) in [6.45, 7) is 6.48. The number of unbranched alkanes of at least 4 members (excludes halogenated alkanes) is 35. The van der Waals surface area contributed by atoms with Crippen LogP contribution in [-0.2, 0) is 28.6 Å². The lowest BCUT2D eigenvalue weighted by molar-refractivity contribution is -0.167. The average Bonchev–Trinajstić information content (AvgIpc) is 3.37. The zero-order valence-electron chi connectivity index (χ0n) is 47.2. The van der Waals surface area contributed by atoms with Gasteiger partial charge in [-0.1, -0.05) is 261 Å². The highest BCUT2D eigenvalue weighted by Gasteiger charge is 2.19. The van der Waals surface area contributed by atoms with Gasteiger partial charge in [-0.3, -0.25) is 14.4 Å². The third-order valence-corrected chi connectivity index (χ3v) is 13.5. The summed E-state index contributed by atoms with van der Waals surface area (Å²) in [5, 5.41) is 0. The number of allylic oxidation sites excluding steroid dienone is 10. The van der Waals surface area contributed by atoms with Gasteiger partial charge in [-0.05, 0) is 96.3 Å². The van der Waals surface area contributed by atoms with Gasteiger partial charge in [0.15, 0.2) is 6.10 Å². The van der Waals surface area contributed by atoms with Crippen molar-refractivity contribution in [1.29, 1.82) is 0 Å². The molecule has 6 nitrogen and oxygen atoms in total. The van der Waals surface area contributed by atoms with E-state index in [9.17, 15) is 14.4 Å². The minimum absolute atomic E-state index is 0.0867. The lowest BCUT2D eigenvalue weighted by Crippen LogP contribution is -2.30. The molecule has 0 aromatic rings. The molecule has 0 spiro atoms. The summed E-state index contributed by atoms with van der Waals surface area (Å²) >= 11 is 0. The Bertz CT molecular complexity index is 1280. The lowest BCUT2D eigenvalue weighted by atomic mass is 10.0. The Morgan fingerprint density at radius 2 is 0.563 bits per heavy atom. The van der Waals surface area contributed by atoms with Crippen LogP contribution in [0.15, 0.2) is 60.8 Å². The Kier molecular flexibility index (Phi) is 57.2. The zero-order chi connectivity index (χ0) is 51.4. The summed E-state index contributed by atoms with van der Waals surface area (Å²) in [6, 6.07) is 0. The first-order valence-corrected chi connectivity index (χ1v) is 30.8. The van der Waals surface area contributed by atoms with E-state index in [1.807, 2.05) is 0 Å². The third kappa shape index (κ3) is 57.9. The van der Waals surface area contributed by atoms with Gasteiger partial charge in [0.05, 0.1) is 0 Å². The van der Waals surface area contributed by atoms with Crippen LogP contribution in [0, 0.1) is 0 Å². The predicted molar refractivity (Wildman–Crippen MR) is 307 cm³/mol. The van der Waals surface area contributed by atoms with Crippen LogP contribution < -0.4 is 0 Å². The van der Waals surface area contributed by atoms with Crippen LogP contribution >= 0.6 is 0 Å². The monoisotopic (exact) mass is 993 g/mol. The Morgan fingerprint density at radius 1 is 0.296 bits per heavy atom. The largest absolute Gasteiger partial charge is 0.462 e. The van der Waals surface area contributed by atoms with Crippen LogP contribution in [0.5, 0.6) is 0 Å². The Hall–Kier alpha value is -2.89. The van der Waals surface area contributed by atoms with E-state index >= 15 is 0 Å². The quantitative estimate of drug-likeness (QED) is 0.0261. The van der Waals surface area contributed by atoms with E-state index in [4.69, 9.17) is 14.2 Å². The fourth-order valence-electron chi connectivity index (χ4n) is 8.85. The molecule has 0 bridgehead atoms. The van der Waals surface area contributed by atoms with Gasteiger partial charge in [0.1, 0.15) is 13.2 Å². The molecular formula is C65H116O6. The Labute approximate surface area is 440 Å². The molecule has 0 aliphatic rings. The van der Waals surface area contributed by atoms with Gasteiger partial charge in [0.2, 0.25) is 0 Å². The number of rotatable bonds is 56. The molecule has 0 radical (unpaired) electrons. The molecule has 1 atom stereocenters. The molecule has 0 heterocycles. The first-order chi connectivity index (χ1) is 35.0. The van der Waals surface area contributed by atoms with Crippen molar-refractivity contribution in [3.63, 3.8) is 0 Å². The van der Waals surface area contributed by atoms with Crippen LogP contribution in [0.4, 0.5) is 0 Å². The molecule has 0 aromatic carbocycles. The van der Waals surface area contributed by atoms with E-state index in [2.05, 4.69) is 81.5 Å². The lowest BCUT2D eigenvalue weighted by Gasteiger charge is -2.18. The number of carbonyl (C=O) groups excluding carboxylic acids is 3. The van der Waals surface area contributed by atoms with Crippen molar-refractivity contribution in [1.82, 2.24) is 0 Å². The summed E-state index contributed by atoms with van der Waals surface area (Å²) in [5.74, 6) is -0.916. The van der Waals surface area contributed by atoms with Crippen molar-refractivity contribution in [2.45, 2.75) is 322 Å². The standard InChI is InChI=1S/C65H116O6/c1-4-7-10-13-16-19-22-24-25-26-27-28-29-30-31-32-33-34-35-36-37-38-39-41-43-46-49-52-55-58-64(67)70-61-62(60-69-63(66)57-54-51-48-45-42-21-18-15-12-9-6-3)71-65(68)59-56-53-50-47-44-40-23-20-17-14-11-8-5-2/h8,11,15,17-18,20,26-27,40,44,62H,4-7,9-10,12-14,16,19,21-25,28-39,41-43,45-61H2,1-3H3/b11-8-,18-15-,20-17-,27-26-,44-40-. The second kappa shape index (κ2) is 59.7. The molecule has 0 rings (SSSR count). The SMILES string of the molecule is CC/C=C\C/C=C\C/C=C\CCCCCC(=O)OC(COC(=O)CCCCCCC/C=C\CCCC)COC(=O)CCCCCCCCCCCCCCCCCCC/C=C\CCCCCCCCCC. The van der Waals surface area contributed by atoms with Crippen LogP contribution in [0.3, 0.4) is 0 Å². The van der Waals surface area contributed by atoms with Crippen molar-refractivity contribution in [3.8, 4) is 0 Å². The van der Waals surface area contributed by atoms with Gasteiger partial charge in [-0.15, -0.1) is 0 Å².